The van der Waals surface area contributed by atoms with E-state index in [-0.39, 0.29) is 12.3 Å². The molecule has 1 aromatic heterocycles. The Morgan fingerprint density at radius 2 is 2.12 bits per heavy atom. The van der Waals surface area contributed by atoms with Crippen LogP contribution in [-0.4, -0.2) is 17.6 Å². The van der Waals surface area contributed by atoms with Crippen molar-refractivity contribution in [1.82, 2.24) is 4.57 Å². The van der Waals surface area contributed by atoms with E-state index in [0.717, 1.165) is 37.3 Å². The molecule has 0 saturated heterocycles. The third-order valence-corrected chi connectivity index (χ3v) is 5.21. The lowest BCUT2D eigenvalue weighted by Crippen LogP contribution is -2.16. The molecule has 3 rings (SSSR count). The number of methoxy groups -OCH3 is 1. The van der Waals surface area contributed by atoms with Gasteiger partial charge in [0.25, 0.3) is 5.91 Å². The van der Waals surface area contributed by atoms with E-state index in [1.165, 1.54) is 11.3 Å². The van der Waals surface area contributed by atoms with Gasteiger partial charge in [-0.1, -0.05) is 39.4 Å². The van der Waals surface area contributed by atoms with E-state index in [0.29, 0.717) is 0 Å². The Morgan fingerprint density at radius 1 is 1.29 bits per heavy atom. The Hall–Kier alpha value is -1.92. The van der Waals surface area contributed by atoms with Crippen LogP contribution in [-0.2, 0) is 17.8 Å². The Balaban J connectivity index is 1.95. The summed E-state index contributed by atoms with van der Waals surface area (Å²) in [6, 6.07) is 13.6. The Kier molecular flexibility index (Phi) is 5.16. The van der Waals surface area contributed by atoms with Gasteiger partial charge in [0.05, 0.1) is 23.7 Å². The molecule has 0 atom stereocenters. The second-order valence-corrected chi connectivity index (χ2v) is 7.20. The fourth-order valence-electron chi connectivity index (χ4n) is 2.54. The monoisotopic (exact) mass is 404 g/mol. The first-order valence-corrected chi connectivity index (χ1v) is 9.21. The number of aryl methyl sites for hydroxylation is 1. The van der Waals surface area contributed by atoms with E-state index in [2.05, 4.69) is 38.5 Å². The number of halogens is 1. The summed E-state index contributed by atoms with van der Waals surface area (Å²) in [6.45, 7) is 2.83. The fourth-order valence-corrected chi connectivity index (χ4v) is 4.20. The van der Waals surface area contributed by atoms with Crippen LogP contribution in [0, 0.1) is 0 Å². The second kappa shape index (κ2) is 7.32. The Bertz CT molecular complexity index is 959. The van der Waals surface area contributed by atoms with Crippen molar-refractivity contribution in [3.63, 3.8) is 0 Å². The van der Waals surface area contributed by atoms with Gasteiger partial charge in [-0.3, -0.25) is 4.79 Å². The smallest absolute Gasteiger partial charge is 0.252 e. The lowest BCUT2D eigenvalue weighted by molar-refractivity contribution is -0.117. The van der Waals surface area contributed by atoms with Gasteiger partial charge in [-0.2, -0.15) is 4.99 Å². The molecule has 1 amide bonds. The molecule has 2 aromatic carbocycles. The maximum Gasteiger partial charge on any atom is 0.252 e. The lowest BCUT2D eigenvalue weighted by atomic mass is 10.1. The molecule has 0 unspecified atom stereocenters. The Labute approximate surface area is 152 Å². The highest BCUT2D eigenvalue weighted by atomic mass is 79.9. The van der Waals surface area contributed by atoms with E-state index >= 15 is 0 Å². The van der Waals surface area contributed by atoms with Crippen molar-refractivity contribution >= 4 is 43.4 Å². The molecule has 0 radical (unpaired) electrons. The van der Waals surface area contributed by atoms with Gasteiger partial charge in [0.2, 0.25) is 0 Å². The molecule has 0 fully saturated rings. The average molecular weight is 405 g/mol. The van der Waals surface area contributed by atoms with Crippen LogP contribution >= 0.6 is 27.3 Å². The Morgan fingerprint density at radius 3 is 2.88 bits per heavy atom. The predicted molar refractivity (Wildman–Crippen MR) is 100 cm³/mol. The average Bonchev–Trinajstić information content (AvgIpc) is 2.90. The number of carbonyl (C=O) groups excluding carboxylic acids is 1. The number of hydrogen-bond acceptors (Lipinski definition) is 3. The van der Waals surface area contributed by atoms with E-state index in [4.69, 9.17) is 4.74 Å². The van der Waals surface area contributed by atoms with Crippen LogP contribution in [0.15, 0.2) is 51.9 Å². The first-order valence-electron chi connectivity index (χ1n) is 7.60. The third kappa shape index (κ3) is 3.60. The van der Waals surface area contributed by atoms with Crippen molar-refractivity contribution in [2.45, 2.75) is 19.9 Å². The van der Waals surface area contributed by atoms with Crippen molar-refractivity contribution in [1.29, 1.82) is 0 Å². The summed E-state index contributed by atoms with van der Waals surface area (Å²) in [4.78, 5) is 17.4. The number of hydrogen-bond donors (Lipinski definition) is 0. The number of carbonyl (C=O) groups is 1. The molecule has 6 heteroatoms. The number of nitrogens with zero attached hydrogens (tertiary/aromatic N) is 2. The van der Waals surface area contributed by atoms with Gasteiger partial charge in [-0.25, -0.2) is 0 Å². The van der Waals surface area contributed by atoms with E-state index in [1.807, 2.05) is 36.4 Å². The van der Waals surface area contributed by atoms with Crippen LogP contribution in [0.3, 0.4) is 0 Å². The van der Waals surface area contributed by atoms with Crippen LogP contribution in [0.2, 0.25) is 0 Å². The van der Waals surface area contributed by atoms with Crippen molar-refractivity contribution in [3.05, 3.63) is 57.3 Å². The number of amides is 1. The first-order chi connectivity index (χ1) is 11.6. The second-order valence-electron chi connectivity index (χ2n) is 5.27. The number of ether oxygens (including phenoxy) is 1. The molecular formula is C18H17BrN2O2S. The summed E-state index contributed by atoms with van der Waals surface area (Å²) < 4.78 is 9.39. The topological polar surface area (TPSA) is 43.6 Å². The van der Waals surface area contributed by atoms with Crippen molar-refractivity contribution < 1.29 is 9.53 Å². The summed E-state index contributed by atoms with van der Waals surface area (Å²) in [5, 5.41) is 0. The van der Waals surface area contributed by atoms with Gasteiger partial charge in [-0.05, 0) is 42.8 Å². The minimum absolute atomic E-state index is 0.156. The normalized spacial score (nSPS) is 11.9. The first kappa shape index (κ1) is 16.9. The van der Waals surface area contributed by atoms with Gasteiger partial charge in [0.15, 0.2) is 4.80 Å². The molecule has 124 valence electrons. The summed E-state index contributed by atoms with van der Waals surface area (Å²) in [5.74, 6) is 0.590. The molecule has 0 aliphatic heterocycles. The zero-order chi connectivity index (χ0) is 17.1. The molecular weight excluding hydrogens is 388 g/mol. The minimum Gasteiger partial charge on any atom is -0.497 e. The summed E-state index contributed by atoms with van der Waals surface area (Å²) in [7, 11) is 1.62. The van der Waals surface area contributed by atoms with Crippen molar-refractivity contribution in [2.75, 3.05) is 7.11 Å². The highest BCUT2D eigenvalue weighted by Gasteiger charge is 2.08. The van der Waals surface area contributed by atoms with Gasteiger partial charge < -0.3 is 9.30 Å². The molecule has 0 aliphatic rings. The summed E-state index contributed by atoms with van der Waals surface area (Å²) >= 11 is 5.01. The van der Waals surface area contributed by atoms with E-state index in [1.54, 1.807) is 7.11 Å². The lowest BCUT2D eigenvalue weighted by Gasteiger charge is -2.02. The standard InChI is InChI=1S/C18H17BrN2O2S/c1-3-21-15-8-7-13(19)11-16(15)24-18(21)20-17(22)10-12-5-4-6-14(9-12)23-2/h4-9,11H,3,10H2,1-2H3. The van der Waals surface area contributed by atoms with Crippen molar-refractivity contribution in [2.24, 2.45) is 4.99 Å². The van der Waals surface area contributed by atoms with E-state index < -0.39 is 0 Å². The largest absolute Gasteiger partial charge is 0.497 e. The van der Waals surface area contributed by atoms with Crippen molar-refractivity contribution in [3.8, 4) is 5.75 Å². The molecule has 24 heavy (non-hydrogen) atoms. The number of aromatic nitrogens is 1. The SMILES string of the molecule is CCn1c(=NC(=O)Cc2cccc(OC)c2)sc2cc(Br)ccc21. The number of fused-ring (bicyclic) bond motifs is 1. The van der Waals surface area contributed by atoms with Crippen LogP contribution in [0.5, 0.6) is 5.75 Å². The quantitative estimate of drug-likeness (QED) is 0.654. The highest BCUT2D eigenvalue weighted by Crippen LogP contribution is 2.22. The maximum absolute atomic E-state index is 12.4. The van der Waals surface area contributed by atoms with Crippen LogP contribution < -0.4 is 9.54 Å². The van der Waals surface area contributed by atoms with Gasteiger partial charge in [-0.15, -0.1) is 0 Å². The molecule has 3 aromatic rings. The van der Waals surface area contributed by atoms with Crippen LogP contribution in [0.25, 0.3) is 10.2 Å². The predicted octanol–water partition coefficient (Wildman–Crippen LogP) is 4.16. The maximum atomic E-state index is 12.4. The molecule has 0 aliphatic carbocycles. The molecule has 1 heterocycles. The third-order valence-electron chi connectivity index (χ3n) is 3.67. The van der Waals surface area contributed by atoms with Gasteiger partial charge >= 0.3 is 0 Å². The fraction of sp³-hybridized carbons (Fsp3) is 0.222. The number of benzene rings is 2. The zero-order valence-corrected chi connectivity index (χ0v) is 15.9. The zero-order valence-electron chi connectivity index (χ0n) is 13.5. The number of thiazole rings is 1. The highest BCUT2D eigenvalue weighted by molar-refractivity contribution is 9.10. The summed E-state index contributed by atoms with van der Waals surface area (Å²) in [5.41, 5.74) is 1.99. The van der Waals surface area contributed by atoms with Crippen LogP contribution in [0.4, 0.5) is 0 Å². The minimum atomic E-state index is -0.156. The van der Waals surface area contributed by atoms with Gasteiger partial charge in [0, 0.05) is 11.0 Å². The molecule has 0 N–H and O–H groups in total. The molecule has 0 bridgehead atoms. The van der Waals surface area contributed by atoms with Crippen LogP contribution in [0.1, 0.15) is 12.5 Å². The van der Waals surface area contributed by atoms with Gasteiger partial charge in [0.1, 0.15) is 5.75 Å². The van der Waals surface area contributed by atoms with E-state index in [9.17, 15) is 4.79 Å². The molecule has 0 spiro atoms. The summed E-state index contributed by atoms with van der Waals surface area (Å²) in [6.07, 6.45) is 0.263. The molecule has 0 saturated carbocycles. The number of rotatable bonds is 4. The molecule has 4 nitrogen and oxygen atoms in total.